The van der Waals surface area contributed by atoms with Crippen LogP contribution in [0, 0.1) is 0 Å². The number of hydrogen-bond donors (Lipinski definition) is 0. The first-order chi connectivity index (χ1) is 10.1. The van der Waals surface area contributed by atoms with Gasteiger partial charge in [-0.3, -0.25) is 4.79 Å². The van der Waals surface area contributed by atoms with Crippen LogP contribution in [0.1, 0.15) is 13.3 Å². The molecule has 0 N–H and O–H groups in total. The summed E-state index contributed by atoms with van der Waals surface area (Å²) in [5.41, 5.74) is 0. The van der Waals surface area contributed by atoms with E-state index in [-0.39, 0.29) is 5.78 Å². The van der Waals surface area contributed by atoms with E-state index in [9.17, 15) is 4.79 Å². The highest BCUT2D eigenvalue weighted by molar-refractivity contribution is 8.03. The molecule has 1 unspecified atom stereocenters. The zero-order valence-corrected chi connectivity index (χ0v) is 14.7. The Morgan fingerprint density at radius 3 is 3.00 bits per heavy atom. The van der Waals surface area contributed by atoms with Crippen molar-refractivity contribution in [1.82, 2.24) is 4.90 Å². The molecule has 21 heavy (non-hydrogen) atoms. The second-order valence-electron chi connectivity index (χ2n) is 4.75. The molecule has 1 aliphatic heterocycles. The fourth-order valence-electron chi connectivity index (χ4n) is 2.16. The summed E-state index contributed by atoms with van der Waals surface area (Å²) in [7, 11) is 1.69. The summed E-state index contributed by atoms with van der Waals surface area (Å²) in [5.74, 6) is 3.04. The van der Waals surface area contributed by atoms with E-state index in [0.717, 1.165) is 33.7 Å². The molecular formula is C15H19NO2S3. The van der Waals surface area contributed by atoms with Gasteiger partial charge in [-0.05, 0) is 19.1 Å². The Morgan fingerprint density at radius 1 is 1.52 bits per heavy atom. The Morgan fingerprint density at radius 2 is 2.29 bits per heavy atom. The molecule has 1 saturated heterocycles. The van der Waals surface area contributed by atoms with Gasteiger partial charge < -0.3 is 9.64 Å². The lowest BCUT2D eigenvalue weighted by molar-refractivity contribution is -0.115. The fraction of sp³-hybridized carbons (Fsp3) is 0.467. The summed E-state index contributed by atoms with van der Waals surface area (Å²) in [4.78, 5) is 15.4. The first-order valence-electron chi connectivity index (χ1n) is 6.78. The summed E-state index contributed by atoms with van der Waals surface area (Å²) < 4.78 is 5.38. The maximum Gasteiger partial charge on any atom is 0.136 e. The minimum absolute atomic E-state index is 0.132. The van der Waals surface area contributed by atoms with Gasteiger partial charge in [0.05, 0.1) is 23.9 Å². The van der Waals surface area contributed by atoms with Crippen molar-refractivity contribution in [3.63, 3.8) is 0 Å². The number of carbonyl (C=O) groups excluding carboxylic acids is 1. The average Bonchev–Trinajstić information content (AvgIpc) is 2.93. The van der Waals surface area contributed by atoms with E-state index < -0.39 is 0 Å². The molecule has 1 aliphatic rings. The Kier molecular flexibility index (Phi) is 6.39. The second kappa shape index (κ2) is 8.06. The topological polar surface area (TPSA) is 29.5 Å². The van der Waals surface area contributed by atoms with Crippen LogP contribution in [0.15, 0.2) is 29.2 Å². The average molecular weight is 342 g/mol. The van der Waals surface area contributed by atoms with E-state index >= 15 is 0 Å². The SMILES string of the molecule is COc1ccccc1SCC1SCCN1C(=S)CC(C)=O. The van der Waals surface area contributed by atoms with Gasteiger partial charge in [0.25, 0.3) is 0 Å². The van der Waals surface area contributed by atoms with Crippen LogP contribution in [0.25, 0.3) is 0 Å². The molecule has 0 radical (unpaired) electrons. The number of benzene rings is 1. The number of para-hydroxylation sites is 1. The molecule has 0 bridgehead atoms. The number of rotatable bonds is 6. The lowest BCUT2D eigenvalue weighted by Gasteiger charge is -2.25. The van der Waals surface area contributed by atoms with Crippen LogP contribution in [-0.2, 0) is 4.79 Å². The van der Waals surface area contributed by atoms with Crippen molar-refractivity contribution in [3.8, 4) is 5.75 Å². The molecule has 0 saturated carbocycles. The van der Waals surface area contributed by atoms with Crippen molar-refractivity contribution < 1.29 is 9.53 Å². The predicted molar refractivity (Wildman–Crippen MR) is 94.6 cm³/mol. The van der Waals surface area contributed by atoms with Gasteiger partial charge in [-0.2, -0.15) is 0 Å². The van der Waals surface area contributed by atoms with Crippen molar-refractivity contribution >= 4 is 46.5 Å². The molecule has 0 amide bonds. The Hall–Kier alpha value is -0.720. The van der Waals surface area contributed by atoms with E-state index in [1.807, 2.05) is 30.0 Å². The number of carbonyl (C=O) groups is 1. The normalized spacial score (nSPS) is 17.8. The molecule has 0 spiro atoms. The number of Topliss-reactive ketones (excluding diaryl/α,β-unsaturated/α-hetero) is 1. The van der Waals surface area contributed by atoms with Gasteiger partial charge >= 0.3 is 0 Å². The number of thiocarbonyl (C=S) groups is 1. The molecule has 3 nitrogen and oxygen atoms in total. The van der Waals surface area contributed by atoms with Crippen LogP contribution >= 0.6 is 35.7 Å². The molecule has 114 valence electrons. The van der Waals surface area contributed by atoms with Crippen molar-refractivity contribution in [1.29, 1.82) is 0 Å². The van der Waals surface area contributed by atoms with E-state index in [1.54, 1.807) is 25.8 Å². The lowest BCUT2D eigenvalue weighted by Crippen LogP contribution is -2.35. The van der Waals surface area contributed by atoms with E-state index in [4.69, 9.17) is 17.0 Å². The molecule has 1 aromatic rings. The van der Waals surface area contributed by atoms with Crippen molar-refractivity contribution in [2.45, 2.75) is 23.6 Å². The van der Waals surface area contributed by atoms with Crippen LogP contribution in [-0.4, -0.2) is 46.2 Å². The number of methoxy groups -OCH3 is 1. The minimum atomic E-state index is 0.132. The second-order valence-corrected chi connectivity index (χ2v) is 7.57. The first-order valence-corrected chi connectivity index (χ1v) is 9.22. The maximum absolute atomic E-state index is 11.2. The van der Waals surface area contributed by atoms with E-state index in [2.05, 4.69) is 11.0 Å². The van der Waals surface area contributed by atoms with Crippen LogP contribution in [0.2, 0.25) is 0 Å². The van der Waals surface area contributed by atoms with Gasteiger partial charge in [-0.15, -0.1) is 23.5 Å². The summed E-state index contributed by atoms with van der Waals surface area (Å²) in [5, 5.41) is 0.340. The highest BCUT2D eigenvalue weighted by atomic mass is 32.2. The summed E-state index contributed by atoms with van der Waals surface area (Å²) in [6.07, 6.45) is 0.381. The van der Waals surface area contributed by atoms with Gasteiger partial charge in [0, 0.05) is 22.9 Å². The Labute approximate surface area is 139 Å². The van der Waals surface area contributed by atoms with E-state index in [1.165, 1.54) is 0 Å². The minimum Gasteiger partial charge on any atom is -0.496 e. The van der Waals surface area contributed by atoms with Gasteiger partial charge in [0.1, 0.15) is 11.5 Å². The van der Waals surface area contributed by atoms with Crippen molar-refractivity contribution in [3.05, 3.63) is 24.3 Å². The molecule has 1 heterocycles. The molecule has 0 aromatic heterocycles. The Bertz CT molecular complexity index is 521. The van der Waals surface area contributed by atoms with Gasteiger partial charge in [-0.25, -0.2) is 0 Å². The number of ketones is 1. The predicted octanol–water partition coefficient (Wildman–Crippen LogP) is 3.47. The largest absolute Gasteiger partial charge is 0.496 e. The van der Waals surface area contributed by atoms with Gasteiger partial charge in [0.2, 0.25) is 0 Å². The lowest BCUT2D eigenvalue weighted by atomic mass is 10.3. The molecule has 1 aromatic carbocycles. The summed E-state index contributed by atoms with van der Waals surface area (Å²) in [6.45, 7) is 2.53. The standard InChI is InChI=1S/C15H19NO2S3/c1-11(17)9-14(19)16-7-8-20-15(16)10-21-13-6-4-3-5-12(13)18-2/h3-6,15H,7-10H2,1-2H3. The highest BCUT2D eigenvalue weighted by Crippen LogP contribution is 2.34. The van der Waals surface area contributed by atoms with Gasteiger partial charge in [0.15, 0.2) is 0 Å². The quantitative estimate of drug-likeness (QED) is 0.581. The molecule has 2 rings (SSSR count). The van der Waals surface area contributed by atoms with Crippen LogP contribution in [0.3, 0.4) is 0 Å². The van der Waals surface area contributed by atoms with E-state index in [0.29, 0.717) is 11.8 Å². The number of thioether (sulfide) groups is 2. The maximum atomic E-state index is 11.2. The van der Waals surface area contributed by atoms with Crippen molar-refractivity contribution in [2.24, 2.45) is 0 Å². The molecule has 1 fully saturated rings. The number of hydrogen-bond acceptors (Lipinski definition) is 5. The third kappa shape index (κ3) is 4.63. The number of ether oxygens (including phenoxy) is 1. The van der Waals surface area contributed by atoms with Crippen LogP contribution in [0.5, 0.6) is 5.75 Å². The zero-order chi connectivity index (χ0) is 15.2. The zero-order valence-electron chi connectivity index (χ0n) is 12.2. The van der Waals surface area contributed by atoms with Crippen LogP contribution < -0.4 is 4.74 Å². The first kappa shape index (κ1) is 16.6. The molecule has 1 atom stereocenters. The molecule has 6 heteroatoms. The third-order valence-electron chi connectivity index (χ3n) is 3.16. The highest BCUT2D eigenvalue weighted by Gasteiger charge is 2.27. The molecule has 0 aliphatic carbocycles. The van der Waals surface area contributed by atoms with Crippen molar-refractivity contribution in [2.75, 3.05) is 25.2 Å². The van der Waals surface area contributed by atoms with Gasteiger partial charge in [-0.1, -0.05) is 24.4 Å². The monoisotopic (exact) mass is 341 g/mol. The Balaban J connectivity index is 1.95. The number of nitrogens with zero attached hydrogens (tertiary/aromatic N) is 1. The fourth-order valence-corrected chi connectivity index (χ4v) is 5.19. The summed E-state index contributed by atoms with van der Waals surface area (Å²) in [6, 6.07) is 8.04. The summed E-state index contributed by atoms with van der Waals surface area (Å²) >= 11 is 9.09. The third-order valence-corrected chi connectivity index (χ3v) is 6.11. The smallest absolute Gasteiger partial charge is 0.136 e. The van der Waals surface area contributed by atoms with Crippen LogP contribution in [0.4, 0.5) is 0 Å². The molecular weight excluding hydrogens is 322 g/mol.